The predicted molar refractivity (Wildman–Crippen MR) is 124 cm³/mol. The van der Waals surface area contributed by atoms with E-state index in [-0.39, 0.29) is 11.6 Å². The van der Waals surface area contributed by atoms with Crippen molar-refractivity contribution in [2.75, 3.05) is 5.32 Å². The van der Waals surface area contributed by atoms with Gasteiger partial charge in [-0.1, -0.05) is 48.2 Å². The molecule has 5 aromatic rings. The number of nitro benzene ring substituents is 1. The van der Waals surface area contributed by atoms with Gasteiger partial charge in [0.25, 0.3) is 5.69 Å². The number of nitro groups is 1. The van der Waals surface area contributed by atoms with E-state index in [0.29, 0.717) is 38.1 Å². The summed E-state index contributed by atoms with van der Waals surface area (Å²) in [4.78, 5) is 35.4. The molecule has 0 saturated heterocycles. The smallest absolute Gasteiger partial charge is 0.270 e. The molecule has 2 N–H and O–H groups in total. The van der Waals surface area contributed by atoms with Crippen molar-refractivity contribution in [2.45, 2.75) is 23.8 Å². The number of nitrogens with zero attached hydrogens (tertiary/aromatic N) is 5. The van der Waals surface area contributed by atoms with Crippen LogP contribution in [-0.2, 0) is 4.79 Å². The molecule has 10 nitrogen and oxygen atoms in total. The topological polar surface area (TPSA) is 140 Å². The first-order valence-electron chi connectivity index (χ1n) is 9.65. The predicted octanol–water partition coefficient (Wildman–Crippen LogP) is 4.53. The second kappa shape index (κ2) is 8.13. The fraction of sp³-hybridized carbons (Fsp3) is 0.150. The summed E-state index contributed by atoms with van der Waals surface area (Å²) >= 11 is 2.42. The molecule has 0 bridgehead atoms. The number of thiazole rings is 1. The lowest BCUT2D eigenvalue weighted by molar-refractivity contribution is -0.384. The van der Waals surface area contributed by atoms with E-state index in [4.69, 9.17) is 0 Å². The average molecular weight is 466 g/mol. The van der Waals surface area contributed by atoms with Crippen molar-refractivity contribution in [3.8, 4) is 0 Å². The number of hydrogen-bond acceptors (Lipinski definition) is 9. The first kappa shape index (κ1) is 20.3. The molecule has 1 amide bonds. The Labute approximate surface area is 188 Å². The molecule has 0 fully saturated rings. The Morgan fingerprint density at radius 2 is 2.09 bits per heavy atom. The third-order valence-electron chi connectivity index (χ3n) is 4.83. The number of para-hydroxylation sites is 1. The van der Waals surface area contributed by atoms with Crippen molar-refractivity contribution in [2.24, 2.45) is 0 Å². The number of carbonyl (C=O) groups excluding carboxylic acids is 1. The highest BCUT2D eigenvalue weighted by Gasteiger charge is 2.22. The Bertz CT molecular complexity index is 1500. The number of hydrogen-bond donors (Lipinski definition) is 2. The molecular formula is C20H15N7O3S2. The number of thioether (sulfide) groups is 1. The zero-order chi connectivity index (χ0) is 22.2. The van der Waals surface area contributed by atoms with Crippen molar-refractivity contribution in [3.63, 3.8) is 0 Å². The van der Waals surface area contributed by atoms with Crippen LogP contribution < -0.4 is 5.32 Å². The van der Waals surface area contributed by atoms with Gasteiger partial charge < -0.3 is 10.3 Å². The first-order valence-corrected chi connectivity index (χ1v) is 11.3. The van der Waals surface area contributed by atoms with Gasteiger partial charge in [0.1, 0.15) is 5.52 Å². The molecule has 160 valence electrons. The van der Waals surface area contributed by atoms with Gasteiger partial charge in [-0.3, -0.25) is 14.9 Å². The zero-order valence-corrected chi connectivity index (χ0v) is 18.2. The van der Waals surface area contributed by atoms with E-state index in [0.717, 1.165) is 10.9 Å². The highest BCUT2D eigenvalue weighted by atomic mass is 32.2. The molecule has 2 aromatic carbocycles. The number of carbonyl (C=O) groups is 1. The van der Waals surface area contributed by atoms with Gasteiger partial charge in [-0.05, 0) is 18.6 Å². The standard InChI is InChI=1S/C20H15N7O3S2/c1-2-14(18(28)24-19-22-13-8-7-10(27(29)30)9-15(13)32-19)31-20-23-17-16(25-26-20)11-5-3-4-6-12(11)21-17/h3-9,14H,2H2,1H3,(H,21,23,26)(H,22,24,28). The number of fused-ring (bicyclic) bond motifs is 4. The van der Waals surface area contributed by atoms with Gasteiger partial charge in [-0.2, -0.15) is 0 Å². The molecule has 0 saturated carbocycles. The van der Waals surface area contributed by atoms with E-state index in [1.165, 1.54) is 35.2 Å². The highest BCUT2D eigenvalue weighted by molar-refractivity contribution is 8.00. The minimum Gasteiger partial charge on any atom is -0.338 e. The number of benzene rings is 2. The van der Waals surface area contributed by atoms with Gasteiger partial charge in [0.05, 0.1) is 20.4 Å². The summed E-state index contributed by atoms with van der Waals surface area (Å²) in [5.41, 5.74) is 2.80. The fourth-order valence-corrected chi connectivity index (χ4v) is 4.99. The summed E-state index contributed by atoms with van der Waals surface area (Å²) in [6, 6.07) is 12.2. The maximum atomic E-state index is 12.8. The number of rotatable bonds is 6. The van der Waals surface area contributed by atoms with Crippen molar-refractivity contribution < 1.29 is 9.72 Å². The van der Waals surface area contributed by atoms with Crippen LogP contribution in [0.25, 0.3) is 32.3 Å². The van der Waals surface area contributed by atoms with Gasteiger partial charge in [0.2, 0.25) is 11.1 Å². The highest BCUT2D eigenvalue weighted by Crippen LogP contribution is 2.31. The van der Waals surface area contributed by atoms with Crippen LogP contribution >= 0.6 is 23.1 Å². The van der Waals surface area contributed by atoms with Crippen molar-refractivity contribution in [1.29, 1.82) is 0 Å². The molecule has 3 heterocycles. The lowest BCUT2D eigenvalue weighted by Gasteiger charge is -2.11. The second-order valence-electron chi connectivity index (χ2n) is 6.89. The number of H-pyrrole nitrogens is 1. The number of amides is 1. The van der Waals surface area contributed by atoms with Gasteiger partial charge in [-0.25, -0.2) is 9.97 Å². The largest absolute Gasteiger partial charge is 0.338 e. The lowest BCUT2D eigenvalue weighted by atomic mass is 10.2. The first-order chi connectivity index (χ1) is 15.5. The Balaban J connectivity index is 1.35. The molecule has 3 aromatic heterocycles. The molecule has 0 aliphatic heterocycles. The van der Waals surface area contributed by atoms with Crippen LogP contribution in [0.2, 0.25) is 0 Å². The van der Waals surface area contributed by atoms with E-state index in [1.807, 2.05) is 31.2 Å². The molecule has 1 atom stereocenters. The molecular weight excluding hydrogens is 450 g/mol. The van der Waals surface area contributed by atoms with Crippen LogP contribution in [0.1, 0.15) is 13.3 Å². The Morgan fingerprint density at radius 1 is 1.25 bits per heavy atom. The maximum Gasteiger partial charge on any atom is 0.270 e. The number of aromatic amines is 1. The quantitative estimate of drug-likeness (QED) is 0.212. The Morgan fingerprint density at radius 3 is 2.91 bits per heavy atom. The van der Waals surface area contributed by atoms with Crippen molar-refractivity contribution >= 4 is 72.1 Å². The summed E-state index contributed by atoms with van der Waals surface area (Å²) in [6.07, 6.45) is 0.543. The number of nitrogens with one attached hydrogen (secondary N) is 2. The molecule has 5 rings (SSSR count). The summed E-state index contributed by atoms with van der Waals surface area (Å²) in [5, 5.41) is 23.5. The minimum absolute atomic E-state index is 0.0157. The Kier molecular flexibility index (Phi) is 5.15. The molecule has 32 heavy (non-hydrogen) atoms. The second-order valence-corrected chi connectivity index (χ2v) is 9.09. The monoisotopic (exact) mass is 465 g/mol. The normalized spacial score (nSPS) is 12.4. The van der Waals surface area contributed by atoms with Crippen LogP contribution in [0.5, 0.6) is 0 Å². The van der Waals surface area contributed by atoms with Gasteiger partial charge in [0, 0.05) is 23.0 Å². The van der Waals surface area contributed by atoms with E-state index >= 15 is 0 Å². The van der Waals surface area contributed by atoms with E-state index < -0.39 is 10.2 Å². The third kappa shape index (κ3) is 3.74. The van der Waals surface area contributed by atoms with Crippen LogP contribution in [0.3, 0.4) is 0 Å². The SMILES string of the molecule is CCC(Sc1nnc2c(n1)[nH]c1ccccc12)C(=O)Nc1nc2ccc([N+](=O)[O-])cc2s1. The number of anilines is 1. The molecule has 0 spiro atoms. The minimum atomic E-state index is -0.459. The van der Waals surface area contributed by atoms with Crippen LogP contribution in [0.15, 0.2) is 47.6 Å². The van der Waals surface area contributed by atoms with Gasteiger partial charge in [0.15, 0.2) is 10.8 Å². The van der Waals surface area contributed by atoms with E-state index in [2.05, 4.69) is 30.5 Å². The zero-order valence-electron chi connectivity index (χ0n) is 16.6. The van der Waals surface area contributed by atoms with Crippen molar-refractivity contribution in [1.82, 2.24) is 25.1 Å². The fourth-order valence-electron chi connectivity index (χ4n) is 3.27. The Hall–Kier alpha value is -3.64. The molecule has 12 heteroatoms. The van der Waals surface area contributed by atoms with Crippen LogP contribution in [-0.4, -0.2) is 41.2 Å². The summed E-state index contributed by atoms with van der Waals surface area (Å²) in [7, 11) is 0. The third-order valence-corrected chi connectivity index (χ3v) is 6.98. The van der Waals surface area contributed by atoms with Crippen molar-refractivity contribution in [3.05, 3.63) is 52.6 Å². The van der Waals surface area contributed by atoms with E-state index in [1.54, 1.807) is 6.07 Å². The number of non-ortho nitro benzene ring substituents is 1. The number of aromatic nitrogens is 5. The van der Waals surface area contributed by atoms with Gasteiger partial charge in [-0.15, -0.1) is 10.2 Å². The lowest BCUT2D eigenvalue weighted by Crippen LogP contribution is -2.24. The summed E-state index contributed by atoms with van der Waals surface area (Å²) in [5.74, 6) is -0.244. The average Bonchev–Trinajstić information content (AvgIpc) is 3.36. The maximum absolute atomic E-state index is 12.8. The molecule has 0 aliphatic rings. The summed E-state index contributed by atoms with van der Waals surface area (Å²) in [6.45, 7) is 1.90. The van der Waals surface area contributed by atoms with Gasteiger partial charge >= 0.3 is 0 Å². The van der Waals surface area contributed by atoms with Crippen LogP contribution in [0, 0.1) is 10.1 Å². The molecule has 1 unspecified atom stereocenters. The summed E-state index contributed by atoms with van der Waals surface area (Å²) < 4.78 is 0.631. The van der Waals surface area contributed by atoms with Crippen LogP contribution in [0.4, 0.5) is 10.8 Å². The van der Waals surface area contributed by atoms with E-state index in [9.17, 15) is 14.9 Å². The molecule has 0 aliphatic carbocycles. The molecule has 0 radical (unpaired) electrons.